The first-order valence-electron chi connectivity index (χ1n) is 12.0. The van der Waals surface area contributed by atoms with E-state index in [-0.39, 0.29) is 42.7 Å². The van der Waals surface area contributed by atoms with Crippen LogP contribution in [0.3, 0.4) is 0 Å². The smallest absolute Gasteiger partial charge is 0.416 e. The number of hydrogen-bond donors (Lipinski definition) is 1. The number of ether oxygens (including phenoxy) is 2. The molecule has 36 heavy (non-hydrogen) atoms. The van der Waals surface area contributed by atoms with Gasteiger partial charge >= 0.3 is 12.2 Å². The molecule has 2 unspecified atom stereocenters. The van der Waals surface area contributed by atoms with Crippen molar-refractivity contribution in [3.05, 3.63) is 52.3 Å². The number of piperidine rings is 1. The Kier molecular flexibility index (Phi) is 8.09. The molecule has 1 aromatic heterocycles. The fourth-order valence-corrected chi connectivity index (χ4v) is 4.66. The van der Waals surface area contributed by atoms with Gasteiger partial charge in [-0.2, -0.15) is 23.1 Å². The van der Waals surface area contributed by atoms with E-state index in [1.54, 1.807) is 17.9 Å². The third kappa shape index (κ3) is 6.12. The Bertz CT molecular complexity index is 1070. The number of benzene rings is 1. The molecule has 1 amide bonds. The first-order valence-corrected chi connectivity index (χ1v) is 12.0. The van der Waals surface area contributed by atoms with Crippen molar-refractivity contribution in [2.24, 2.45) is 0 Å². The maximum atomic E-state index is 14.1. The number of halogens is 4. The van der Waals surface area contributed by atoms with Gasteiger partial charge in [0.05, 0.1) is 25.0 Å². The van der Waals surface area contributed by atoms with Gasteiger partial charge in [0.2, 0.25) is 0 Å². The molecule has 3 heterocycles. The number of likely N-dealkylation sites (tertiary alicyclic amines) is 1. The van der Waals surface area contributed by atoms with Crippen molar-refractivity contribution in [2.75, 3.05) is 33.4 Å². The molecule has 0 saturated carbocycles. The van der Waals surface area contributed by atoms with Gasteiger partial charge in [0.15, 0.2) is 0 Å². The Balaban J connectivity index is 1.46. The molecule has 0 radical (unpaired) electrons. The lowest BCUT2D eigenvalue weighted by atomic mass is 9.99. The molecule has 2 fully saturated rings. The summed E-state index contributed by atoms with van der Waals surface area (Å²) in [5.74, 6) is -0.286. The molecule has 196 valence electrons. The van der Waals surface area contributed by atoms with Crippen LogP contribution in [0.5, 0.6) is 6.01 Å². The maximum Gasteiger partial charge on any atom is 0.416 e. The minimum absolute atomic E-state index is 0.0176. The molecule has 2 aliphatic heterocycles. The highest BCUT2D eigenvalue weighted by atomic mass is 19.4. The van der Waals surface area contributed by atoms with Crippen LogP contribution >= 0.6 is 0 Å². The van der Waals surface area contributed by atoms with Crippen LogP contribution in [-0.4, -0.2) is 72.4 Å². The number of rotatable bonds is 6. The minimum Gasteiger partial charge on any atom is -0.467 e. The van der Waals surface area contributed by atoms with Gasteiger partial charge in [0.25, 0.3) is 5.91 Å². The van der Waals surface area contributed by atoms with Gasteiger partial charge in [-0.3, -0.25) is 4.79 Å². The Labute approximate surface area is 207 Å². The third-order valence-electron chi connectivity index (χ3n) is 6.76. The lowest BCUT2D eigenvalue weighted by molar-refractivity contribution is -0.137. The molecule has 0 spiro atoms. The third-order valence-corrected chi connectivity index (χ3v) is 6.76. The summed E-state index contributed by atoms with van der Waals surface area (Å²) in [6, 6.07) is 4.87. The second kappa shape index (κ2) is 11.1. The molecule has 2 aliphatic rings. The zero-order chi connectivity index (χ0) is 25.9. The van der Waals surface area contributed by atoms with E-state index in [0.717, 1.165) is 12.1 Å². The molecule has 7 nitrogen and oxygen atoms in total. The summed E-state index contributed by atoms with van der Waals surface area (Å²) < 4.78 is 63.8. The fourth-order valence-electron chi connectivity index (χ4n) is 4.66. The van der Waals surface area contributed by atoms with Crippen molar-refractivity contribution in [2.45, 2.75) is 57.0 Å². The molecule has 2 saturated heterocycles. The fraction of sp³-hybridized carbons (Fsp3) is 0.560. The van der Waals surface area contributed by atoms with Crippen molar-refractivity contribution in [3.8, 4) is 6.01 Å². The van der Waals surface area contributed by atoms with E-state index in [4.69, 9.17) is 9.47 Å². The zero-order valence-corrected chi connectivity index (χ0v) is 20.3. The number of amides is 1. The van der Waals surface area contributed by atoms with Crippen LogP contribution in [-0.2, 0) is 17.3 Å². The quantitative estimate of drug-likeness (QED) is 0.597. The summed E-state index contributed by atoms with van der Waals surface area (Å²) in [4.78, 5) is 23.6. The number of nitrogens with one attached hydrogen (secondary N) is 1. The van der Waals surface area contributed by atoms with E-state index in [0.29, 0.717) is 55.8 Å². The number of methoxy groups -OCH3 is 1. The predicted octanol–water partition coefficient (Wildman–Crippen LogP) is 3.72. The summed E-state index contributed by atoms with van der Waals surface area (Å²) in [6.07, 6.45) is -3.43. The topological polar surface area (TPSA) is 76.6 Å². The number of hydrogen-bond acceptors (Lipinski definition) is 6. The Morgan fingerprint density at radius 2 is 1.97 bits per heavy atom. The van der Waals surface area contributed by atoms with E-state index in [1.807, 2.05) is 0 Å². The molecular formula is C25H30F4N4O3. The minimum atomic E-state index is -4.45. The van der Waals surface area contributed by atoms with Crippen LogP contribution in [0.1, 0.15) is 52.1 Å². The Morgan fingerprint density at radius 3 is 2.64 bits per heavy atom. The van der Waals surface area contributed by atoms with E-state index >= 15 is 0 Å². The highest BCUT2D eigenvalue weighted by molar-refractivity contribution is 5.94. The monoisotopic (exact) mass is 510 g/mol. The lowest BCUT2D eigenvalue weighted by Crippen LogP contribution is -2.52. The van der Waals surface area contributed by atoms with E-state index < -0.39 is 17.9 Å². The van der Waals surface area contributed by atoms with Crippen LogP contribution in [0.4, 0.5) is 17.6 Å². The molecule has 4 rings (SSSR count). The zero-order valence-electron chi connectivity index (χ0n) is 20.3. The summed E-state index contributed by atoms with van der Waals surface area (Å²) in [7, 11) is 1.37. The van der Waals surface area contributed by atoms with Gasteiger partial charge in [-0.1, -0.05) is 18.2 Å². The number of alkyl halides is 4. The largest absolute Gasteiger partial charge is 0.467 e. The SMILES string of the molecule is COc1nc(Cc2cccc(C(F)(F)F)c2)c(C)c(C(=O)N2CCC(NC3CCOCC3F)CC2)n1. The molecule has 11 heteroatoms. The first-order chi connectivity index (χ1) is 17.2. The van der Waals surface area contributed by atoms with Crippen molar-refractivity contribution >= 4 is 5.91 Å². The van der Waals surface area contributed by atoms with Crippen LogP contribution in [0.2, 0.25) is 0 Å². The molecule has 1 N–H and O–H groups in total. The van der Waals surface area contributed by atoms with Crippen LogP contribution < -0.4 is 10.1 Å². The highest BCUT2D eigenvalue weighted by Crippen LogP contribution is 2.30. The number of aromatic nitrogens is 2. The Hall–Kier alpha value is -2.79. The molecule has 0 bridgehead atoms. The van der Waals surface area contributed by atoms with Crippen molar-refractivity contribution in [1.82, 2.24) is 20.2 Å². The lowest BCUT2D eigenvalue weighted by Gasteiger charge is -2.36. The van der Waals surface area contributed by atoms with Gasteiger partial charge in [-0.15, -0.1) is 0 Å². The first kappa shape index (κ1) is 26.3. The second-order valence-corrected chi connectivity index (χ2v) is 9.22. The molecular weight excluding hydrogens is 480 g/mol. The average molecular weight is 511 g/mol. The average Bonchev–Trinajstić information content (AvgIpc) is 2.86. The molecule has 1 aromatic carbocycles. The van der Waals surface area contributed by atoms with Crippen LogP contribution in [0, 0.1) is 6.92 Å². The second-order valence-electron chi connectivity index (χ2n) is 9.22. The molecule has 0 aliphatic carbocycles. The molecule has 2 atom stereocenters. The number of nitrogens with zero attached hydrogens (tertiary/aromatic N) is 3. The van der Waals surface area contributed by atoms with Crippen molar-refractivity contribution in [1.29, 1.82) is 0 Å². The molecule has 2 aromatic rings. The van der Waals surface area contributed by atoms with Gasteiger partial charge in [0, 0.05) is 43.8 Å². The number of carbonyl (C=O) groups excluding carboxylic acids is 1. The maximum absolute atomic E-state index is 14.1. The van der Waals surface area contributed by atoms with Gasteiger partial charge in [-0.05, 0) is 37.8 Å². The summed E-state index contributed by atoms with van der Waals surface area (Å²) in [6.45, 7) is 3.28. The van der Waals surface area contributed by atoms with Gasteiger partial charge < -0.3 is 19.7 Å². The van der Waals surface area contributed by atoms with Gasteiger partial charge in [-0.25, -0.2) is 4.39 Å². The van der Waals surface area contributed by atoms with E-state index in [1.165, 1.54) is 13.2 Å². The summed E-state index contributed by atoms with van der Waals surface area (Å²) in [5, 5.41) is 3.37. The Morgan fingerprint density at radius 1 is 1.22 bits per heavy atom. The van der Waals surface area contributed by atoms with Gasteiger partial charge in [0.1, 0.15) is 11.9 Å². The van der Waals surface area contributed by atoms with E-state index in [9.17, 15) is 22.4 Å². The van der Waals surface area contributed by atoms with Crippen LogP contribution in [0.15, 0.2) is 24.3 Å². The van der Waals surface area contributed by atoms with E-state index in [2.05, 4.69) is 15.3 Å². The standard InChI is InChI=1S/C25H30F4N4O3/c1-15-21(13-16-4-3-5-17(12-16)25(27,28)29)31-24(35-2)32-22(15)23(34)33-9-6-18(7-10-33)30-20-8-11-36-14-19(20)26/h3-5,12,18-20,30H,6-11,13-14H2,1-2H3. The highest BCUT2D eigenvalue weighted by Gasteiger charge is 2.32. The van der Waals surface area contributed by atoms with Crippen molar-refractivity contribution < 1.29 is 31.8 Å². The van der Waals surface area contributed by atoms with Crippen LogP contribution in [0.25, 0.3) is 0 Å². The summed E-state index contributed by atoms with van der Waals surface area (Å²) in [5.41, 5.74) is 0.767. The predicted molar refractivity (Wildman–Crippen MR) is 124 cm³/mol. The number of carbonyl (C=O) groups is 1. The summed E-state index contributed by atoms with van der Waals surface area (Å²) >= 11 is 0. The normalized spacial score (nSPS) is 21.4. The van der Waals surface area contributed by atoms with Crippen molar-refractivity contribution in [3.63, 3.8) is 0 Å².